The predicted molar refractivity (Wildman–Crippen MR) is 76.3 cm³/mol. The van der Waals surface area contributed by atoms with Gasteiger partial charge in [0.2, 0.25) is 5.91 Å². The number of carbonyl (C=O) groups is 1. The Hall–Kier alpha value is -0.580. The first-order valence-electron chi connectivity index (χ1n) is 6.34. The van der Waals surface area contributed by atoms with E-state index in [2.05, 4.69) is 10.2 Å². The number of nitrogens with zero attached hydrogens (tertiary/aromatic N) is 1. The molecular formula is C13H19ClN2OS. The molecule has 3 rings (SSSR count). The van der Waals surface area contributed by atoms with Gasteiger partial charge in [-0.3, -0.25) is 4.79 Å². The fraction of sp³-hybridized carbons (Fsp3) is 0.615. The van der Waals surface area contributed by atoms with Crippen molar-refractivity contribution in [3.63, 3.8) is 0 Å². The van der Waals surface area contributed by atoms with Crippen molar-refractivity contribution >= 4 is 29.7 Å². The van der Waals surface area contributed by atoms with Crippen LogP contribution in [0.4, 0.5) is 0 Å². The molecule has 0 radical (unpaired) electrons. The van der Waals surface area contributed by atoms with Crippen molar-refractivity contribution in [2.24, 2.45) is 11.8 Å². The monoisotopic (exact) mass is 286 g/mol. The summed E-state index contributed by atoms with van der Waals surface area (Å²) in [5.74, 6) is 1.80. The molecule has 3 nitrogen and oxygen atoms in total. The summed E-state index contributed by atoms with van der Waals surface area (Å²) in [6.07, 6.45) is 1.76. The van der Waals surface area contributed by atoms with Crippen LogP contribution in [0.1, 0.15) is 11.3 Å². The fourth-order valence-electron chi connectivity index (χ4n) is 2.94. The van der Waals surface area contributed by atoms with Crippen molar-refractivity contribution in [3.8, 4) is 0 Å². The van der Waals surface area contributed by atoms with Crippen molar-refractivity contribution in [2.45, 2.75) is 12.8 Å². The summed E-state index contributed by atoms with van der Waals surface area (Å²) in [6, 6.07) is 4.06. The van der Waals surface area contributed by atoms with Crippen LogP contribution in [0, 0.1) is 11.8 Å². The predicted octanol–water partition coefficient (Wildman–Crippen LogP) is 1.78. The number of fused-ring (bicyclic) bond motifs is 1. The maximum atomic E-state index is 12.2. The second kappa shape index (κ2) is 6.04. The van der Waals surface area contributed by atoms with Crippen LogP contribution < -0.4 is 5.32 Å². The van der Waals surface area contributed by atoms with Crippen LogP contribution in [0.5, 0.6) is 0 Å². The average molecular weight is 287 g/mol. The maximum Gasteiger partial charge on any atom is 0.227 e. The van der Waals surface area contributed by atoms with E-state index < -0.39 is 0 Å². The van der Waals surface area contributed by atoms with E-state index in [0.29, 0.717) is 18.2 Å². The molecule has 0 bridgehead atoms. The smallest absolute Gasteiger partial charge is 0.227 e. The first kappa shape index (κ1) is 13.8. The summed E-state index contributed by atoms with van der Waals surface area (Å²) in [6.45, 7) is 4.15. The zero-order valence-electron chi connectivity index (χ0n) is 10.3. The molecule has 2 atom stereocenters. The highest BCUT2D eigenvalue weighted by molar-refractivity contribution is 7.10. The summed E-state index contributed by atoms with van der Waals surface area (Å²) in [4.78, 5) is 15.4. The molecule has 18 heavy (non-hydrogen) atoms. The highest BCUT2D eigenvalue weighted by atomic mass is 35.5. The lowest BCUT2D eigenvalue weighted by atomic mass is 9.88. The Morgan fingerprint density at radius 3 is 3.06 bits per heavy atom. The molecular weight excluding hydrogens is 268 g/mol. The number of thiophene rings is 1. The summed E-state index contributed by atoms with van der Waals surface area (Å²) in [5, 5.41) is 5.47. The molecule has 1 aromatic heterocycles. The number of carbonyl (C=O) groups excluding carboxylic acids is 1. The van der Waals surface area contributed by atoms with Crippen LogP contribution in [0.15, 0.2) is 17.5 Å². The van der Waals surface area contributed by atoms with Gasteiger partial charge in [0.05, 0.1) is 6.42 Å². The van der Waals surface area contributed by atoms with Gasteiger partial charge in [0, 0.05) is 18.0 Å². The lowest BCUT2D eigenvalue weighted by Crippen LogP contribution is -2.44. The lowest BCUT2D eigenvalue weighted by Gasteiger charge is -2.34. The lowest BCUT2D eigenvalue weighted by molar-refractivity contribution is -0.132. The molecule has 5 heteroatoms. The van der Waals surface area contributed by atoms with E-state index in [9.17, 15) is 4.79 Å². The molecule has 2 aliphatic rings. The number of halogens is 1. The topological polar surface area (TPSA) is 32.3 Å². The Bertz CT molecular complexity index is 396. The van der Waals surface area contributed by atoms with Crippen LogP contribution in [0.3, 0.4) is 0 Å². The summed E-state index contributed by atoms with van der Waals surface area (Å²) < 4.78 is 0. The maximum absolute atomic E-state index is 12.2. The number of hydrogen-bond donors (Lipinski definition) is 1. The molecule has 0 saturated carbocycles. The molecule has 2 fully saturated rings. The van der Waals surface area contributed by atoms with Crippen molar-refractivity contribution in [3.05, 3.63) is 22.4 Å². The van der Waals surface area contributed by atoms with Crippen molar-refractivity contribution in [2.75, 3.05) is 26.2 Å². The molecule has 1 N–H and O–H groups in total. The summed E-state index contributed by atoms with van der Waals surface area (Å²) in [7, 11) is 0. The Kier molecular flexibility index (Phi) is 4.65. The Balaban J connectivity index is 0.00000120. The first-order chi connectivity index (χ1) is 8.33. The molecule has 2 aliphatic heterocycles. The third kappa shape index (κ3) is 2.87. The van der Waals surface area contributed by atoms with Crippen LogP contribution >= 0.6 is 23.7 Å². The Morgan fingerprint density at radius 2 is 2.28 bits per heavy atom. The minimum absolute atomic E-state index is 0. The van der Waals surface area contributed by atoms with Gasteiger partial charge in [0.25, 0.3) is 0 Å². The van der Waals surface area contributed by atoms with E-state index in [0.717, 1.165) is 32.1 Å². The standard InChI is InChI=1S/C13H18N2OS.ClH/c16-13(6-12-2-1-5-17-12)15-4-3-10-7-14-8-11(10)9-15;/h1-2,5,10-11,14H,3-4,6-9H2;1H. The second-order valence-corrected chi connectivity index (χ2v) is 6.10. The van der Waals surface area contributed by atoms with Gasteiger partial charge in [0.1, 0.15) is 0 Å². The van der Waals surface area contributed by atoms with E-state index in [1.54, 1.807) is 11.3 Å². The number of likely N-dealkylation sites (tertiary alicyclic amines) is 1. The van der Waals surface area contributed by atoms with Crippen LogP contribution in [-0.2, 0) is 11.2 Å². The van der Waals surface area contributed by atoms with E-state index in [1.807, 2.05) is 17.5 Å². The highest BCUT2D eigenvalue weighted by Gasteiger charge is 2.34. The average Bonchev–Trinajstić information content (AvgIpc) is 2.97. The Labute approximate surface area is 118 Å². The Morgan fingerprint density at radius 1 is 1.44 bits per heavy atom. The van der Waals surface area contributed by atoms with Crippen molar-refractivity contribution in [1.82, 2.24) is 10.2 Å². The van der Waals surface area contributed by atoms with Crippen LogP contribution in [0.25, 0.3) is 0 Å². The van der Waals surface area contributed by atoms with E-state index in [4.69, 9.17) is 0 Å². The zero-order valence-corrected chi connectivity index (χ0v) is 11.9. The molecule has 2 unspecified atom stereocenters. The largest absolute Gasteiger partial charge is 0.342 e. The quantitative estimate of drug-likeness (QED) is 0.899. The van der Waals surface area contributed by atoms with Crippen LogP contribution in [-0.4, -0.2) is 37.0 Å². The van der Waals surface area contributed by atoms with E-state index >= 15 is 0 Å². The first-order valence-corrected chi connectivity index (χ1v) is 7.22. The van der Waals surface area contributed by atoms with Crippen molar-refractivity contribution < 1.29 is 4.79 Å². The summed E-state index contributed by atoms with van der Waals surface area (Å²) in [5.41, 5.74) is 0. The number of nitrogens with one attached hydrogen (secondary N) is 1. The number of piperidine rings is 1. The zero-order chi connectivity index (χ0) is 11.7. The molecule has 0 spiro atoms. The molecule has 2 saturated heterocycles. The van der Waals surface area contributed by atoms with Gasteiger partial charge in [-0.2, -0.15) is 0 Å². The fourth-order valence-corrected chi connectivity index (χ4v) is 3.63. The molecule has 1 aromatic rings. The van der Waals surface area contributed by atoms with Gasteiger partial charge >= 0.3 is 0 Å². The second-order valence-electron chi connectivity index (χ2n) is 5.06. The SMILES string of the molecule is Cl.O=C(Cc1cccs1)N1CCC2CNCC2C1. The van der Waals surface area contributed by atoms with Gasteiger partial charge in [-0.1, -0.05) is 6.07 Å². The minimum atomic E-state index is 0. The molecule has 1 amide bonds. The highest BCUT2D eigenvalue weighted by Crippen LogP contribution is 2.27. The third-order valence-electron chi connectivity index (χ3n) is 3.96. The van der Waals surface area contributed by atoms with Gasteiger partial charge in [-0.15, -0.1) is 23.7 Å². The van der Waals surface area contributed by atoms with Gasteiger partial charge < -0.3 is 10.2 Å². The number of hydrogen-bond acceptors (Lipinski definition) is 3. The number of rotatable bonds is 2. The summed E-state index contributed by atoms with van der Waals surface area (Å²) >= 11 is 1.67. The third-order valence-corrected chi connectivity index (χ3v) is 4.84. The van der Waals surface area contributed by atoms with Crippen molar-refractivity contribution in [1.29, 1.82) is 0 Å². The normalized spacial score (nSPS) is 26.6. The molecule has 0 aromatic carbocycles. The molecule has 0 aliphatic carbocycles. The van der Waals surface area contributed by atoms with Crippen LogP contribution in [0.2, 0.25) is 0 Å². The van der Waals surface area contributed by atoms with E-state index in [-0.39, 0.29) is 12.4 Å². The number of amides is 1. The van der Waals surface area contributed by atoms with E-state index in [1.165, 1.54) is 11.3 Å². The molecule has 3 heterocycles. The molecule has 100 valence electrons. The van der Waals surface area contributed by atoms with Gasteiger partial charge in [-0.25, -0.2) is 0 Å². The van der Waals surface area contributed by atoms with Gasteiger partial charge in [0.15, 0.2) is 0 Å². The minimum Gasteiger partial charge on any atom is -0.342 e. The van der Waals surface area contributed by atoms with Gasteiger partial charge in [-0.05, 0) is 42.8 Å².